The van der Waals surface area contributed by atoms with Gasteiger partial charge in [-0.2, -0.15) is 11.8 Å². The van der Waals surface area contributed by atoms with Crippen LogP contribution >= 0.6 is 11.8 Å². The van der Waals surface area contributed by atoms with Gasteiger partial charge in [-0.1, -0.05) is 0 Å². The van der Waals surface area contributed by atoms with Crippen molar-refractivity contribution < 1.29 is 14.3 Å². The molecule has 0 aromatic heterocycles. The minimum absolute atomic E-state index is 0.116. The van der Waals surface area contributed by atoms with E-state index in [0.717, 1.165) is 55.2 Å². The van der Waals surface area contributed by atoms with Gasteiger partial charge in [-0.05, 0) is 49.3 Å². The summed E-state index contributed by atoms with van der Waals surface area (Å²) in [6, 6.07) is 7.74. The van der Waals surface area contributed by atoms with Crippen molar-refractivity contribution in [2.75, 3.05) is 31.8 Å². The van der Waals surface area contributed by atoms with Crippen molar-refractivity contribution >= 4 is 17.7 Å². The van der Waals surface area contributed by atoms with Crippen molar-refractivity contribution in [1.82, 2.24) is 4.90 Å². The fraction of sp³-hybridized carbons (Fsp3) is 0.588. The Bertz CT molecular complexity index is 493. The fourth-order valence-corrected chi connectivity index (χ4v) is 4.30. The SMILES string of the molecule is COc1ccc(C(=O)N(C[C@H]2CCCO2)[C@@H]2CCSC2)cc1. The number of rotatable bonds is 5. The van der Waals surface area contributed by atoms with E-state index in [9.17, 15) is 4.79 Å². The summed E-state index contributed by atoms with van der Waals surface area (Å²) >= 11 is 1.93. The molecule has 120 valence electrons. The Hall–Kier alpha value is -1.20. The predicted molar refractivity (Wildman–Crippen MR) is 88.7 cm³/mol. The van der Waals surface area contributed by atoms with Crippen molar-refractivity contribution in [1.29, 1.82) is 0 Å². The molecule has 4 nitrogen and oxygen atoms in total. The van der Waals surface area contributed by atoms with Gasteiger partial charge in [-0.25, -0.2) is 0 Å². The number of methoxy groups -OCH3 is 1. The minimum atomic E-state index is 0.116. The molecule has 1 aromatic rings. The second kappa shape index (κ2) is 7.38. The lowest BCUT2D eigenvalue weighted by molar-refractivity contribution is 0.0442. The molecule has 3 rings (SSSR count). The quantitative estimate of drug-likeness (QED) is 0.836. The largest absolute Gasteiger partial charge is 0.497 e. The fourth-order valence-electron chi connectivity index (χ4n) is 3.07. The van der Waals surface area contributed by atoms with Gasteiger partial charge in [0.25, 0.3) is 5.91 Å². The number of benzene rings is 1. The topological polar surface area (TPSA) is 38.8 Å². The normalized spacial score (nSPS) is 24.4. The highest BCUT2D eigenvalue weighted by molar-refractivity contribution is 7.99. The number of amides is 1. The second-order valence-electron chi connectivity index (χ2n) is 5.84. The van der Waals surface area contributed by atoms with Gasteiger partial charge in [-0.3, -0.25) is 4.79 Å². The average Bonchev–Trinajstić information content (AvgIpc) is 3.25. The van der Waals surface area contributed by atoms with E-state index in [4.69, 9.17) is 9.47 Å². The molecule has 2 fully saturated rings. The van der Waals surface area contributed by atoms with E-state index in [1.54, 1.807) is 7.11 Å². The summed E-state index contributed by atoms with van der Waals surface area (Å²) in [5.41, 5.74) is 0.732. The predicted octanol–water partition coefficient (Wildman–Crippen LogP) is 2.82. The molecule has 2 aliphatic rings. The van der Waals surface area contributed by atoms with Crippen molar-refractivity contribution in [3.8, 4) is 5.75 Å². The van der Waals surface area contributed by atoms with Crippen molar-refractivity contribution in [3.05, 3.63) is 29.8 Å². The van der Waals surface area contributed by atoms with E-state index in [2.05, 4.69) is 0 Å². The van der Waals surface area contributed by atoms with Crippen molar-refractivity contribution in [2.24, 2.45) is 0 Å². The molecule has 5 heteroatoms. The summed E-state index contributed by atoms with van der Waals surface area (Å²) in [4.78, 5) is 15.0. The van der Waals surface area contributed by atoms with E-state index < -0.39 is 0 Å². The molecule has 0 unspecified atom stereocenters. The summed E-state index contributed by atoms with van der Waals surface area (Å²) in [7, 11) is 1.64. The Kier molecular flexibility index (Phi) is 5.26. The van der Waals surface area contributed by atoms with Crippen LogP contribution in [0.25, 0.3) is 0 Å². The monoisotopic (exact) mass is 321 g/mol. The van der Waals surface area contributed by atoms with Gasteiger partial charge in [0.05, 0.1) is 13.2 Å². The molecular formula is C17H23NO3S. The van der Waals surface area contributed by atoms with Crippen LogP contribution in [0.1, 0.15) is 29.6 Å². The maximum atomic E-state index is 12.9. The molecule has 0 spiro atoms. The average molecular weight is 321 g/mol. The third-order valence-electron chi connectivity index (χ3n) is 4.37. The molecule has 2 atom stereocenters. The number of carbonyl (C=O) groups excluding carboxylic acids is 1. The number of hydrogen-bond donors (Lipinski definition) is 0. The van der Waals surface area contributed by atoms with Crippen LogP contribution in [0.2, 0.25) is 0 Å². The van der Waals surface area contributed by atoms with Crippen LogP contribution in [0.5, 0.6) is 5.75 Å². The highest BCUT2D eigenvalue weighted by atomic mass is 32.2. The molecule has 0 bridgehead atoms. The van der Waals surface area contributed by atoms with Crippen LogP contribution in [0.3, 0.4) is 0 Å². The number of ether oxygens (including phenoxy) is 2. The summed E-state index contributed by atoms with van der Waals surface area (Å²) in [5.74, 6) is 3.07. The van der Waals surface area contributed by atoms with Gasteiger partial charge < -0.3 is 14.4 Å². The van der Waals surface area contributed by atoms with Crippen LogP contribution in [-0.2, 0) is 4.74 Å². The molecular weight excluding hydrogens is 298 g/mol. The first kappa shape index (κ1) is 15.7. The molecule has 22 heavy (non-hydrogen) atoms. The van der Waals surface area contributed by atoms with Gasteiger partial charge in [0.2, 0.25) is 0 Å². The van der Waals surface area contributed by atoms with E-state index in [1.165, 1.54) is 0 Å². The Morgan fingerprint density at radius 3 is 2.77 bits per heavy atom. The van der Waals surface area contributed by atoms with Crippen LogP contribution in [0, 0.1) is 0 Å². The van der Waals surface area contributed by atoms with Crippen LogP contribution < -0.4 is 4.74 Å². The molecule has 1 aromatic carbocycles. The van der Waals surface area contributed by atoms with Gasteiger partial charge in [-0.15, -0.1) is 0 Å². The number of carbonyl (C=O) groups is 1. The minimum Gasteiger partial charge on any atom is -0.497 e. The summed E-state index contributed by atoms with van der Waals surface area (Å²) in [6.07, 6.45) is 3.45. The molecule has 0 radical (unpaired) electrons. The first-order valence-electron chi connectivity index (χ1n) is 7.92. The molecule has 0 saturated carbocycles. The van der Waals surface area contributed by atoms with Crippen LogP contribution in [0.15, 0.2) is 24.3 Å². The van der Waals surface area contributed by atoms with E-state index >= 15 is 0 Å². The van der Waals surface area contributed by atoms with Crippen molar-refractivity contribution in [2.45, 2.75) is 31.4 Å². The van der Waals surface area contributed by atoms with Gasteiger partial charge in [0, 0.05) is 30.5 Å². The van der Waals surface area contributed by atoms with Crippen molar-refractivity contribution in [3.63, 3.8) is 0 Å². The molecule has 2 aliphatic heterocycles. The van der Waals surface area contributed by atoms with Gasteiger partial charge >= 0.3 is 0 Å². The van der Waals surface area contributed by atoms with E-state index in [1.807, 2.05) is 40.9 Å². The highest BCUT2D eigenvalue weighted by Crippen LogP contribution is 2.26. The lowest BCUT2D eigenvalue weighted by atomic mass is 10.1. The molecule has 2 saturated heterocycles. The van der Waals surface area contributed by atoms with Crippen LogP contribution in [-0.4, -0.2) is 54.7 Å². The zero-order valence-corrected chi connectivity index (χ0v) is 13.8. The Morgan fingerprint density at radius 1 is 1.36 bits per heavy atom. The Morgan fingerprint density at radius 2 is 2.18 bits per heavy atom. The molecule has 0 N–H and O–H groups in total. The Labute approximate surface area is 136 Å². The molecule has 0 aliphatic carbocycles. The zero-order chi connectivity index (χ0) is 15.4. The third kappa shape index (κ3) is 3.58. The van der Waals surface area contributed by atoms with Gasteiger partial charge in [0.1, 0.15) is 5.75 Å². The standard InChI is InChI=1S/C17H23NO3S/c1-20-15-6-4-13(5-7-15)17(19)18(14-8-10-22-12-14)11-16-3-2-9-21-16/h4-7,14,16H,2-3,8-12H2,1H3/t14-,16-/m1/s1. The maximum Gasteiger partial charge on any atom is 0.254 e. The van der Waals surface area contributed by atoms with Crippen LogP contribution in [0.4, 0.5) is 0 Å². The second-order valence-corrected chi connectivity index (χ2v) is 6.99. The highest BCUT2D eigenvalue weighted by Gasteiger charge is 2.31. The summed E-state index contributed by atoms with van der Waals surface area (Å²) < 4.78 is 10.9. The smallest absolute Gasteiger partial charge is 0.254 e. The zero-order valence-electron chi connectivity index (χ0n) is 13.0. The first-order chi connectivity index (χ1) is 10.8. The molecule has 1 amide bonds. The van der Waals surface area contributed by atoms with E-state index in [-0.39, 0.29) is 12.0 Å². The summed E-state index contributed by atoms with van der Waals surface area (Å²) in [6.45, 7) is 1.55. The maximum absolute atomic E-state index is 12.9. The third-order valence-corrected chi connectivity index (χ3v) is 5.51. The van der Waals surface area contributed by atoms with E-state index in [0.29, 0.717) is 6.04 Å². The number of thioether (sulfide) groups is 1. The number of hydrogen-bond acceptors (Lipinski definition) is 4. The summed E-state index contributed by atoms with van der Waals surface area (Å²) in [5, 5.41) is 0. The lowest BCUT2D eigenvalue weighted by Crippen LogP contribution is -2.44. The van der Waals surface area contributed by atoms with Gasteiger partial charge in [0.15, 0.2) is 0 Å². The Balaban J connectivity index is 1.74. The first-order valence-corrected chi connectivity index (χ1v) is 9.08. The number of nitrogens with zero attached hydrogens (tertiary/aromatic N) is 1. The molecule has 2 heterocycles. The lowest BCUT2D eigenvalue weighted by Gasteiger charge is -2.31.